The predicted molar refractivity (Wildman–Crippen MR) is 77.6 cm³/mol. The highest BCUT2D eigenvalue weighted by molar-refractivity contribution is 5.67. The van der Waals surface area contributed by atoms with Crippen LogP contribution in [-0.2, 0) is 11.2 Å². The molecule has 0 fully saturated rings. The molecule has 0 spiro atoms. The summed E-state index contributed by atoms with van der Waals surface area (Å²) in [6.45, 7) is 4.01. The first-order valence-electron chi connectivity index (χ1n) is 6.40. The van der Waals surface area contributed by atoms with Crippen molar-refractivity contribution in [2.24, 2.45) is 0 Å². The first-order chi connectivity index (χ1) is 8.83. The Hall–Kier alpha value is -1.89. The third kappa shape index (κ3) is 4.17. The minimum absolute atomic E-state index is 0.639. The van der Waals surface area contributed by atoms with Crippen LogP contribution in [0.25, 0.3) is 11.1 Å². The van der Waals surface area contributed by atoms with Crippen LogP contribution >= 0.6 is 0 Å². The van der Waals surface area contributed by atoms with Crippen LogP contribution < -0.4 is 0 Å². The zero-order valence-corrected chi connectivity index (χ0v) is 11.1. The molecule has 94 valence electrons. The number of carbonyl (C=O) groups is 1. The molecular formula is C17H20O. The second-order valence-electron chi connectivity index (χ2n) is 3.95. The zero-order chi connectivity index (χ0) is 13.2. The lowest BCUT2D eigenvalue weighted by Gasteiger charge is -2.06. The van der Waals surface area contributed by atoms with Crippen LogP contribution in [0.15, 0.2) is 54.6 Å². The molecule has 0 saturated carbocycles. The van der Waals surface area contributed by atoms with E-state index in [4.69, 9.17) is 0 Å². The topological polar surface area (TPSA) is 17.1 Å². The van der Waals surface area contributed by atoms with Gasteiger partial charge in [0.15, 0.2) is 0 Å². The summed E-state index contributed by atoms with van der Waals surface area (Å²) in [4.78, 5) is 9.17. The van der Waals surface area contributed by atoms with Crippen molar-refractivity contribution >= 4 is 6.29 Å². The average molecular weight is 240 g/mol. The van der Waals surface area contributed by atoms with Crippen LogP contribution in [0.1, 0.15) is 25.8 Å². The number of benzene rings is 2. The number of hydrogen-bond donors (Lipinski definition) is 0. The minimum atomic E-state index is 0.639. The van der Waals surface area contributed by atoms with Crippen molar-refractivity contribution in [3.05, 3.63) is 60.2 Å². The lowest BCUT2D eigenvalue weighted by Crippen LogP contribution is -1.85. The Morgan fingerprint density at radius 3 is 2.00 bits per heavy atom. The summed E-state index contributed by atoms with van der Waals surface area (Å²) in [5.41, 5.74) is 4.08. The molecule has 2 rings (SSSR count). The van der Waals surface area contributed by atoms with E-state index in [1.54, 1.807) is 0 Å². The Balaban J connectivity index is 0.000000357. The van der Waals surface area contributed by atoms with Gasteiger partial charge < -0.3 is 4.79 Å². The molecule has 18 heavy (non-hydrogen) atoms. The summed E-state index contributed by atoms with van der Waals surface area (Å²) in [5.74, 6) is 0. The van der Waals surface area contributed by atoms with Crippen molar-refractivity contribution in [3.63, 3.8) is 0 Å². The maximum absolute atomic E-state index is 9.17. The van der Waals surface area contributed by atoms with E-state index < -0.39 is 0 Å². The van der Waals surface area contributed by atoms with E-state index in [0.29, 0.717) is 6.42 Å². The summed E-state index contributed by atoms with van der Waals surface area (Å²) < 4.78 is 0. The quantitative estimate of drug-likeness (QED) is 0.721. The van der Waals surface area contributed by atoms with E-state index in [2.05, 4.69) is 61.5 Å². The van der Waals surface area contributed by atoms with Crippen molar-refractivity contribution in [1.29, 1.82) is 0 Å². The van der Waals surface area contributed by atoms with Crippen LogP contribution in [0.5, 0.6) is 0 Å². The average Bonchev–Trinajstić information content (AvgIpc) is 2.48. The molecule has 0 N–H and O–H groups in total. The van der Waals surface area contributed by atoms with Gasteiger partial charge in [-0.05, 0) is 23.1 Å². The lowest BCUT2D eigenvalue weighted by molar-refractivity contribution is -0.107. The molecule has 0 heterocycles. The van der Waals surface area contributed by atoms with E-state index in [1.165, 1.54) is 16.7 Å². The maximum Gasteiger partial charge on any atom is 0.119 e. The molecule has 0 aromatic heterocycles. The minimum Gasteiger partial charge on any atom is -0.303 e. The Morgan fingerprint density at radius 2 is 1.44 bits per heavy atom. The normalized spacial score (nSPS) is 9.22. The van der Waals surface area contributed by atoms with E-state index >= 15 is 0 Å². The van der Waals surface area contributed by atoms with Crippen molar-refractivity contribution in [3.8, 4) is 11.1 Å². The van der Waals surface area contributed by atoms with Crippen molar-refractivity contribution in [2.75, 3.05) is 0 Å². The highest BCUT2D eigenvalue weighted by atomic mass is 16.1. The Morgan fingerprint density at radius 1 is 0.889 bits per heavy atom. The van der Waals surface area contributed by atoms with Gasteiger partial charge in [0.1, 0.15) is 6.29 Å². The first kappa shape index (κ1) is 14.2. The third-order valence-electron chi connectivity index (χ3n) is 2.65. The number of aryl methyl sites for hydroxylation is 1. The van der Waals surface area contributed by atoms with Gasteiger partial charge in [0.25, 0.3) is 0 Å². The molecule has 0 aliphatic heterocycles. The van der Waals surface area contributed by atoms with E-state index in [9.17, 15) is 4.79 Å². The van der Waals surface area contributed by atoms with Crippen LogP contribution in [0, 0.1) is 0 Å². The monoisotopic (exact) mass is 240 g/mol. The molecule has 2 aromatic rings. The van der Waals surface area contributed by atoms with Gasteiger partial charge >= 0.3 is 0 Å². The molecule has 0 saturated heterocycles. The Labute approximate surface area is 109 Å². The van der Waals surface area contributed by atoms with Gasteiger partial charge in [-0.15, -0.1) is 0 Å². The Kier molecular flexibility index (Phi) is 6.49. The van der Waals surface area contributed by atoms with Crippen LogP contribution in [0.4, 0.5) is 0 Å². The summed E-state index contributed by atoms with van der Waals surface area (Å²) in [6, 6.07) is 19.1. The molecule has 0 bridgehead atoms. The van der Waals surface area contributed by atoms with Gasteiger partial charge in [-0.2, -0.15) is 0 Å². The van der Waals surface area contributed by atoms with E-state index in [0.717, 1.165) is 12.7 Å². The van der Waals surface area contributed by atoms with Crippen molar-refractivity contribution in [2.45, 2.75) is 26.7 Å². The fraction of sp³-hybridized carbons (Fsp3) is 0.235. The second kappa shape index (κ2) is 8.24. The largest absolute Gasteiger partial charge is 0.303 e. The molecule has 1 nitrogen and oxygen atoms in total. The smallest absolute Gasteiger partial charge is 0.119 e. The summed E-state index contributed by atoms with van der Waals surface area (Å²) in [7, 11) is 0. The van der Waals surface area contributed by atoms with Crippen molar-refractivity contribution in [1.82, 2.24) is 0 Å². The van der Waals surface area contributed by atoms with Gasteiger partial charge in [-0.3, -0.25) is 0 Å². The van der Waals surface area contributed by atoms with Crippen LogP contribution in [0.2, 0.25) is 0 Å². The van der Waals surface area contributed by atoms with Crippen LogP contribution in [-0.4, -0.2) is 6.29 Å². The van der Waals surface area contributed by atoms with E-state index in [-0.39, 0.29) is 0 Å². The SMILES string of the molecule is CCC=O.CCc1ccccc1-c1ccccc1. The molecule has 2 aromatic carbocycles. The van der Waals surface area contributed by atoms with Gasteiger partial charge in [0.2, 0.25) is 0 Å². The predicted octanol–water partition coefficient (Wildman–Crippen LogP) is 4.51. The molecule has 0 aliphatic carbocycles. The fourth-order valence-electron chi connectivity index (χ4n) is 1.73. The second-order valence-corrected chi connectivity index (χ2v) is 3.95. The Bertz CT molecular complexity index is 460. The third-order valence-corrected chi connectivity index (χ3v) is 2.65. The van der Waals surface area contributed by atoms with Gasteiger partial charge in [-0.25, -0.2) is 0 Å². The van der Waals surface area contributed by atoms with Gasteiger partial charge in [0.05, 0.1) is 0 Å². The van der Waals surface area contributed by atoms with Crippen LogP contribution in [0.3, 0.4) is 0 Å². The van der Waals surface area contributed by atoms with Gasteiger partial charge in [0, 0.05) is 6.42 Å². The standard InChI is InChI=1S/C14H14.C3H6O/c1-2-12-8-6-7-11-14(12)13-9-4-3-5-10-13;1-2-3-4/h3-11H,2H2,1H3;3H,2H2,1H3. The molecular weight excluding hydrogens is 220 g/mol. The maximum atomic E-state index is 9.17. The highest BCUT2D eigenvalue weighted by Gasteiger charge is 2.00. The zero-order valence-electron chi connectivity index (χ0n) is 11.1. The summed E-state index contributed by atoms with van der Waals surface area (Å²) in [5, 5.41) is 0. The molecule has 0 atom stereocenters. The molecule has 0 unspecified atom stereocenters. The summed E-state index contributed by atoms with van der Waals surface area (Å²) in [6.07, 6.45) is 2.60. The molecule has 0 aliphatic rings. The number of aldehydes is 1. The number of hydrogen-bond acceptors (Lipinski definition) is 1. The number of carbonyl (C=O) groups excluding carboxylic acids is 1. The molecule has 0 radical (unpaired) electrons. The number of rotatable bonds is 3. The van der Waals surface area contributed by atoms with E-state index in [1.807, 2.05) is 6.92 Å². The summed E-state index contributed by atoms with van der Waals surface area (Å²) >= 11 is 0. The first-order valence-corrected chi connectivity index (χ1v) is 6.40. The highest BCUT2D eigenvalue weighted by Crippen LogP contribution is 2.23. The van der Waals surface area contributed by atoms with Gasteiger partial charge in [-0.1, -0.05) is 68.4 Å². The molecule has 0 amide bonds. The fourth-order valence-corrected chi connectivity index (χ4v) is 1.73. The van der Waals surface area contributed by atoms with Crippen molar-refractivity contribution < 1.29 is 4.79 Å². The lowest BCUT2D eigenvalue weighted by atomic mass is 9.98. The molecule has 1 heteroatoms.